The molecular formula is C62H70F9N11O17. The molecule has 8 N–H and O–H groups in total. The molecule has 0 bridgehead atoms. The molecule has 99 heavy (non-hydrogen) atoms. The van der Waals surface area contributed by atoms with Gasteiger partial charge in [-0.3, -0.25) is 19.7 Å². The van der Waals surface area contributed by atoms with Gasteiger partial charge in [-0.25, -0.2) is 43.9 Å². The van der Waals surface area contributed by atoms with Gasteiger partial charge in [0.25, 0.3) is 0 Å². The summed E-state index contributed by atoms with van der Waals surface area (Å²) in [7, 11) is 0. The molecule has 0 aliphatic carbocycles. The molecule has 2 aromatic heterocycles. The number of ether oxygens (including phenoxy) is 6. The van der Waals surface area contributed by atoms with Crippen molar-refractivity contribution in [2.45, 2.75) is 148 Å². The van der Waals surface area contributed by atoms with Gasteiger partial charge in [-0.05, 0) is 98.7 Å². The fraction of sp³-hybridized carbons (Fsp3) is 0.468. The van der Waals surface area contributed by atoms with Gasteiger partial charge in [-0.2, -0.15) is 39.5 Å². The molecule has 8 rings (SSSR count). The zero-order valence-corrected chi connectivity index (χ0v) is 54.5. The van der Waals surface area contributed by atoms with Gasteiger partial charge in [0.15, 0.2) is 23.0 Å². The second-order valence-corrected chi connectivity index (χ2v) is 25.5. The molecule has 3 atom stereocenters. The van der Waals surface area contributed by atoms with Gasteiger partial charge in [0.05, 0.1) is 58.3 Å². The molecule has 538 valence electrons. The predicted molar refractivity (Wildman–Crippen MR) is 329 cm³/mol. The average Bonchev–Trinajstić information content (AvgIpc) is 1.54. The minimum absolute atomic E-state index is 0.0234. The number of ketones is 2. The third-order valence-electron chi connectivity index (χ3n) is 14.0. The van der Waals surface area contributed by atoms with E-state index < -0.39 is 170 Å². The fourth-order valence-electron chi connectivity index (χ4n) is 9.60. The molecule has 37 heteroatoms. The van der Waals surface area contributed by atoms with Crippen LogP contribution in [0.2, 0.25) is 0 Å². The first-order valence-electron chi connectivity index (χ1n) is 29.8. The largest absolute Gasteiger partial charge is 0.486 e. The third-order valence-corrected chi connectivity index (χ3v) is 14.0. The van der Waals surface area contributed by atoms with Crippen LogP contribution in [0.15, 0.2) is 61.2 Å². The van der Waals surface area contributed by atoms with E-state index >= 15 is 0 Å². The summed E-state index contributed by atoms with van der Waals surface area (Å²) in [5, 5.41) is 28.0. The van der Waals surface area contributed by atoms with Crippen molar-refractivity contribution in [1.82, 2.24) is 34.6 Å². The number of aromatic nitrogens is 4. The normalized spacial score (nSPS) is 16.5. The number of halogens is 9. The number of likely N-dealkylation sites (tertiary alicyclic amines) is 3. The number of carbonyl (C=O) groups excluding carboxylic acids is 5. The van der Waals surface area contributed by atoms with Crippen molar-refractivity contribution in [1.29, 1.82) is 0 Å². The van der Waals surface area contributed by atoms with Crippen molar-refractivity contribution in [2.75, 3.05) is 56.5 Å². The summed E-state index contributed by atoms with van der Waals surface area (Å²) in [6.45, 7) is 16.1. The molecule has 5 aromatic rings. The number of nitro benzene ring substituents is 1. The Balaban J connectivity index is 0.000000322. The molecule has 3 aliphatic heterocycles. The van der Waals surface area contributed by atoms with Crippen molar-refractivity contribution < 1.29 is 117 Å². The van der Waals surface area contributed by atoms with Crippen LogP contribution < -0.4 is 31.4 Å². The van der Waals surface area contributed by atoms with E-state index in [-0.39, 0.29) is 86.1 Å². The summed E-state index contributed by atoms with van der Waals surface area (Å²) >= 11 is 0. The SMILES string of the molecule is CC(C)(C)OC(=O)N1CC[C@@H](Oc2c(N)cc(C(F)(F)F)cc2CC(=O)c2cc(C(=O)Cc3cc(C(F)(F)F)cc(N)c3O[C@@H]3CCN(C(=O)OC(C)(C)C)C3)ncn2)C1.CC(C)(C)OC(=O)N1CC[C@@H](Oc2c(N)cc(C(F)(F)F)cc2[N+](=O)[O-])C1.O=C(O)c1cc(C(=O)O)ncn1. The van der Waals surface area contributed by atoms with Crippen molar-refractivity contribution >= 4 is 64.5 Å². The topological polar surface area (TPSA) is 398 Å². The zero-order chi connectivity index (χ0) is 74.2. The number of benzene rings is 3. The molecule has 3 fully saturated rings. The van der Waals surface area contributed by atoms with Crippen LogP contribution in [0.5, 0.6) is 17.2 Å². The zero-order valence-electron chi connectivity index (χ0n) is 54.5. The van der Waals surface area contributed by atoms with Crippen LogP contribution in [0.1, 0.15) is 151 Å². The molecule has 5 heterocycles. The average molecular weight is 1410 g/mol. The van der Waals surface area contributed by atoms with Gasteiger partial charge < -0.3 is 70.5 Å². The first-order chi connectivity index (χ1) is 45.5. The molecular weight excluding hydrogens is 1340 g/mol. The number of rotatable bonds is 15. The van der Waals surface area contributed by atoms with Gasteiger partial charge >= 0.3 is 54.4 Å². The number of amides is 3. The Labute approximate surface area is 558 Å². The van der Waals surface area contributed by atoms with Crippen LogP contribution in [0, 0.1) is 10.1 Å². The summed E-state index contributed by atoms with van der Waals surface area (Å²) in [6, 6.07) is 5.55. The highest BCUT2D eigenvalue weighted by Gasteiger charge is 2.40. The Bertz CT molecular complexity index is 3700. The van der Waals surface area contributed by atoms with Crippen molar-refractivity contribution in [3.63, 3.8) is 0 Å². The second kappa shape index (κ2) is 30.5. The molecule has 0 spiro atoms. The number of anilines is 3. The van der Waals surface area contributed by atoms with Gasteiger partial charge in [-0.15, -0.1) is 0 Å². The van der Waals surface area contributed by atoms with E-state index in [0.717, 1.165) is 24.8 Å². The summed E-state index contributed by atoms with van der Waals surface area (Å²) in [6.07, 6.45) is -17.2. The minimum atomic E-state index is -4.86. The van der Waals surface area contributed by atoms with E-state index in [0.29, 0.717) is 42.8 Å². The first-order valence-corrected chi connectivity index (χ1v) is 29.8. The van der Waals surface area contributed by atoms with E-state index in [9.17, 15) is 83.2 Å². The van der Waals surface area contributed by atoms with E-state index in [4.69, 9.17) is 55.8 Å². The van der Waals surface area contributed by atoms with Gasteiger partial charge in [0, 0.05) is 75.0 Å². The number of carboxylic acid groups (broad SMARTS) is 2. The van der Waals surface area contributed by atoms with Crippen molar-refractivity contribution in [2.24, 2.45) is 0 Å². The maximum absolute atomic E-state index is 13.9. The van der Waals surface area contributed by atoms with E-state index in [1.54, 1.807) is 62.3 Å². The van der Waals surface area contributed by atoms with E-state index in [2.05, 4.69) is 19.9 Å². The number of nitro groups is 1. The van der Waals surface area contributed by atoms with Crippen LogP contribution in [0.4, 0.5) is 76.6 Å². The molecule has 3 amide bonds. The number of hydrogen-bond donors (Lipinski definition) is 5. The van der Waals surface area contributed by atoms with E-state index in [1.165, 1.54) is 14.7 Å². The number of Topliss-reactive ketones (excluding diaryl/α,β-unsaturated/α-hetero) is 2. The molecule has 0 saturated carbocycles. The molecule has 28 nitrogen and oxygen atoms in total. The number of nitrogens with zero attached hydrogens (tertiary/aromatic N) is 8. The monoisotopic (exact) mass is 1410 g/mol. The van der Waals surface area contributed by atoms with Crippen LogP contribution in [-0.2, 0) is 45.6 Å². The lowest BCUT2D eigenvalue weighted by Crippen LogP contribution is -2.36. The fourth-order valence-corrected chi connectivity index (χ4v) is 9.60. The highest BCUT2D eigenvalue weighted by Crippen LogP contribution is 2.43. The number of nitrogens with two attached hydrogens (primary N) is 3. The Morgan fingerprint density at radius 2 is 0.758 bits per heavy atom. The number of aromatic carboxylic acids is 2. The molecule has 3 saturated heterocycles. The predicted octanol–water partition coefficient (Wildman–Crippen LogP) is 10.8. The lowest BCUT2D eigenvalue weighted by molar-refractivity contribution is -0.386. The lowest BCUT2D eigenvalue weighted by atomic mass is 9.99. The molecule has 0 unspecified atom stereocenters. The highest BCUT2D eigenvalue weighted by molar-refractivity contribution is 6.01. The number of alkyl halides is 9. The summed E-state index contributed by atoms with van der Waals surface area (Å²) in [4.78, 5) is 114. The Morgan fingerprint density at radius 3 is 1.05 bits per heavy atom. The van der Waals surface area contributed by atoms with Crippen molar-refractivity contribution in [3.05, 3.63) is 122 Å². The quantitative estimate of drug-likeness (QED) is 0.0162. The number of carboxylic acids is 2. The van der Waals surface area contributed by atoms with E-state index in [1.807, 2.05) is 0 Å². The third kappa shape index (κ3) is 22.3. The number of carbonyl (C=O) groups is 7. The van der Waals surface area contributed by atoms with Gasteiger partial charge in [-0.1, -0.05) is 0 Å². The lowest BCUT2D eigenvalue weighted by Gasteiger charge is -2.24. The smallest absolute Gasteiger partial charge is 0.416 e. The first kappa shape index (κ1) is 77.5. The molecule has 3 aromatic carbocycles. The minimum Gasteiger partial charge on any atom is -0.486 e. The van der Waals surface area contributed by atoms with Crippen LogP contribution >= 0.6 is 0 Å². The second-order valence-electron chi connectivity index (χ2n) is 25.5. The molecule has 3 aliphatic rings. The van der Waals surface area contributed by atoms with Crippen LogP contribution in [0.25, 0.3) is 0 Å². The Kier molecular flexibility index (Phi) is 23.9. The van der Waals surface area contributed by atoms with Gasteiger partial charge in [0.2, 0.25) is 5.75 Å². The maximum Gasteiger partial charge on any atom is 0.416 e. The Hall–Kier alpha value is -10.5. The highest BCUT2D eigenvalue weighted by atomic mass is 19.4. The van der Waals surface area contributed by atoms with Crippen molar-refractivity contribution in [3.8, 4) is 17.2 Å². The van der Waals surface area contributed by atoms with Gasteiger partial charge in [0.1, 0.15) is 70.7 Å². The maximum atomic E-state index is 13.9. The Morgan fingerprint density at radius 1 is 0.475 bits per heavy atom. The molecule has 0 radical (unpaired) electrons. The van der Waals surface area contributed by atoms with Crippen LogP contribution in [-0.4, -0.2) is 166 Å². The van der Waals surface area contributed by atoms with Crippen LogP contribution in [0.3, 0.4) is 0 Å². The summed E-state index contributed by atoms with van der Waals surface area (Å²) in [5.41, 5.74) is 7.69. The summed E-state index contributed by atoms with van der Waals surface area (Å²) in [5.74, 6) is -5.18. The summed E-state index contributed by atoms with van der Waals surface area (Å²) < 4.78 is 155. The standard InChI is InChI=1S/C40H46F6N6O8.C16H20F3N3O5.C6H4N2O4/c1-37(2,3)59-35(55)51-9-7-25(18-51)57-33-21(11-23(15-27(33)47)39(41,42)43)13-31(53)29-17-30(50-20-49-29)32(54)14-22-12-24(40(44,45)46)16-28(48)34(22)58-26-8-10-52(19-26)36(56)60-38(4,5)6;1-15(2,3)27-14(23)21-5-4-10(8-21)26-13-11(20)6-9(16(17,18)19)7-12(13)22(24)25;9-5(10)3-1-4(6(11)12)8-2-7-3/h11-12,15-17,20,25-26H,7-10,13-14,18-19,47-48H2,1-6H3;6-7,10H,4-5,8,20H2,1-3H3;1-2H,(H,9,10)(H,11,12)/t25-,26-;10-;/m11./s1. The number of nitrogen functional groups attached to an aromatic ring is 3. The number of hydrogen-bond acceptors (Lipinski definition) is 22.